The van der Waals surface area contributed by atoms with E-state index in [-0.39, 0.29) is 17.2 Å². The minimum Gasteiger partial charge on any atom is -0.448 e. The Balaban J connectivity index is 1.54. The third-order valence-electron chi connectivity index (χ3n) is 5.28. The molecule has 0 saturated carbocycles. The number of benzene rings is 2. The molecule has 9 heteroatoms. The van der Waals surface area contributed by atoms with E-state index in [4.69, 9.17) is 4.74 Å². The number of carbonyl (C=O) groups excluding carboxylic acids is 2. The highest BCUT2D eigenvalue weighted by Crippen LogP contribution is 2.28. The molecule has 1 amide bonds. The summed E-state index contributed by atoms with van der Waals surface area (Å²) in [4.78, 5) is 25.2. The molecule has 1 unspecified atom stereocenters. The maximum Gasteiger partial charge on any atom is 0.359 e. The van der Waals surface area contributed by atoms with Crippen LogP contribution in [-0.4, -0.2) is 27.8 Å². The summed E-state index contributed by atoms with van der Waals surface area (Å²) in [6, 6.07) is 8.39. The highest BCUT2D eigenvalue weighted by atomic mass is 19.1. The maximum absolute atomic E-state index is 13.8. The van der Waals surface area contributed by atoms with E-state index in [0.29, 0.717) is 18.5 Å². The molecule has 0 spiro atoms. The Morgan fingerprint density at radius 3 is 2.47 bits per heavy atom. The van der Waals surface area contributed by atoms with E-state index in [2.05, 4.69) is 10.4 Å². The van der Waals surface area contributed by atoms with Crippen LogP contribution < -0.4 is 5.32 Å². The Bertz CT molecular complexity index is 1180. The lowest BCUT2D eigenvalue weighted by Gasteiger charge is -2.15. The molecule has 32 heavy (non-hydrogen) atoms. The topological polar surface area (TPSA) is 73.2 Å². The first kappa shape index (κ1) is 21.6. The van der Waals surface area contributed by atoms with Crippen molar-refractivity contribution in [1.82, 2.24) is 9.78 Å². The number of ether oxygens (including phenoxy) is 1. The summed E-state index contributed by atoms with van der Waals surface area (Å²) in [5.41, 5.74) is 1.91. The predicted octanol–water partition coefficient (Wildman–Crippen LogP) is 4.35. The number of aromatic nitrogens is 2. The van der Waals surface area contributed by atoms with Crippen molar-refractivity contribution < 1.29 is 27.5 Å². The smallest absolute Gasteiger partial charge is 0.359 e. The average Bonchev–Trinajstić information content (AvgIpc) is 3.16. The normalized spacial score (nSPS) is 13.9. The number of carbonyl (C=O) groups is 2. The number of rotatable bonds is 5. The Morgan fingerprint density at radius 1 is 1.03 bits per heavy atom. The Morgan fingerprint density at radius 2 is 1.72 bits per heavy atom. The quantitative estimate of drug-likeness (QED) is 0.595. The van der Waals surface area contributed by atoms with E-state index in [0.717, 1.165) is 42.3 Å². The lowest BCUT2D eigenvalue weighted by molar-refractivity contribution is -0.123. The Kier molecular flexibility index (Phi) is 5.98. The van der Waals surface area contributed by atoms with Crippen molar-refractivity contribution in [2.24, 2.45) is 0 Å². The van der Waals surface area contributed by atoms with Crippen molar-refractivity contribution in [3.63, 3.8) is 0 Å². The zero-order chi connectivity index (χ0) is 22.8. The number of anilines is 1. The largest absolute Gasteiger partial charge is 0.448 e. The van der Waals surface area contributed by atoms with Crippen molar-refractivity contribution in [2.75, 3.05) is 5.32 Å². The van der Waals surface area contributed by atoms with Gasteiger partial charge in [0.1, 0.15) is 17.5 Å². The highest BCUT2D eigenvalue weighted by Gasteiger charge is 2.29. The van der Waals surface area contributed by atoms with Gasteiger partial charge in [0.05, 0.1) is 11.4 Å². The van der Waals surface area contributed by atoms with Gasteiger partial charge < -0.3 is 10.1 Å². The minimum atomic E-state index is -1.28. The van der Waals surface area contributed by atoms with Crippen molar-refractivity contribution in [3.05, 3.63) is 76.9 Å². The monoisotopic (exact) mass is 443 g/mol. The van der Waals surface area contributed by atoms with Crippen molar-refractivity contribution in [1.29, 1.82) is 0 Å². The van der Waals surface area contributed by atoms with E-state index < -0.39 is 29.6 Å². The van der Waals surface area contributed by atoms with Gasteiger partial charge in [-0.05, 0) is 69.0 Å². The van der Waals surface area contributed by atoms with Crippen LogP contribution in [-0.2, 0) is 22.4 Å². The Labute approximate surface area is 182 Å². The van der Waals surface area contributed by atoms with E-state index in [9.17, 15) is 22.8 Å². The number of amides is 1. The zero-order valence-electron chi connectivity index (χ0n) is 17.2. The van der Waals surface area contributed by atoms with Crippen molar-refractivity contribution >= 4 is 17.6 Å². The summed E-state index contributed by atoms with van der Waals surface area (Å²) in [7, 11) is 0. The molecule has 1 aliphatic carbocycles. The van der Waals surface area contributed by atoms with Crippen LogP contribution in [0.25, 0.3) is 5.69 Å². The molecule has 0 fully saturated rings. The van der Waals surface area contributed by atoms with Crippen LogP contribution in [0.4, 0.5) is 18.9 Å². The molecule has 2 aromatic carbocycles. The molecule has 4 rings (SSSR count). The first-order valence-electron chi connectivity index (χ1n) is 10.2. The van der Waals surface area contributed by atoms with Crippen molar-refractivity contribution in [3.8, 4) is 5.69 Å². The van der Waals surface area contributed by atoms with Gasteiger partial charge in [0.25, 0.3) is 5.91 Å². The number of nitrogens with one attached hydrogen (secondary N) is 1. The second-order valence-electron chi connectivity index (χ2n) is 7.53. The lowest BCUT2D eigenvalue weighted by atomic mass is 9.95. The predicted molar refractivity (Wildman–Crippen MR) is 110 cm³/mol. The molecule has 0 saturated heterocycles. The second kappa shape index (κ2) is 8.86. The number of hydrogen-bond donors (Lipinski definition) is 1. The molecule has 0 radical (unpaired) electrons. The zero-order valence-corrected chi connectivity index (χ0v) is 17.2. The highest BCUT2D eigenvalue weighted by molar-refractivity contribution is 5.97. The molecular weight excluding hydrogens is 423 g/mol. The number of esters is 1. The number of nitrogens with zero attached hydrogens (tertiary/aromatic N) is 2. The summed E-state index contributed by atoms with van der Waals surface area (Å²) in [5, 5.41) is 6.61. The van der Waals surface area contributed by atoms with Gasteiger partial charge in [0.2, 0.25) is 0 Å². The first-order chi connectivity index (χ1) is 15.3. The van der Waals surface area contributed by atoms with Gasteiger partial charge in [-0.25, -0.2) is 22.6 Å². The molecule has 1 aromatic heterocycles. The van der Waals surface area contributed by atoms with Crippen LogP contribution in [0.3, 0.4) is 0 Å². The molecule has 1 heterocycles. The summed E-state index contributed by atoms with van der Waals surface area (Å²) >= 11 is 0. The van der Waals surface area contributed by atoms with E-state index >= 15 is 0 Å². The molecule has 0 bridgehead atoms. The lowest BCUT2D eigenvalue weighted by Crippen LogP contribution is -2.30. The van der Waals surface area contributed by atoms with Gasteiger partial charge in [-0.2, -0.15) is 5.10 Å². The van der Waals surface area contributed by atoms with Gasteiger partial charge in [-0.15, -0.1) is 0 Å². The van der Waals surface area contributed by atoms with Gasteiger partial charge in [-0.1, -0.05) is 0 Å². The fourth-order valence-corrected chi connectivity index (χ4v) is 3.66. The van der Waals surface area contributed by atoms with E-state index in [1.54, 1.807) is 16.8 Å². The van der Waals surface area contributed by atoms with Crippen LogP contribution in [0.1, 0.15) is 41.5 Å². The fraction of sp³-hybridized carbons (Fsp3) is 0.261. The molecule has 3 aromatic rings. The molecule has 1 N–H and O–H groups in total. The summed E-state index contributed by atoms with van der Waals surface area (Å²) in [5.74, 6) is -3.53. The van der Waals surface area contributed by atoms with Crippen LogP contribution in [0.2, 0.25) is 0 Å². The maximum atomic E-state index is 13.8. The molecule has 1 atom stereocenters. The first-order valence-corrected chi connectivity index (χ1v) is 10.2. The average molecular weight is 443 g/mol. The van der Waals surface area contributed by atoms with Crippen LogP contribution in [0.15, 0.2) is 42.5 Å². The van der Waals surface area contributed by atoms with Gasteiger partial charge >= 0.3 is 5.97 Å². The van der Waals surface area contributed by atoms with Crippen LogP contribution in [0.5, 0.6) is 0 Å². The Hall–Kier alpha value is -3.62. The number of hydrogen-bond acceptors (Lipinski definition) is 4. The van der Waals surface area contributed by atoms with Crippen molar-refractivity contribution in [2.45, 2.75) is 38.7 Å². The second-order valence-corrected chi connectivity index (χ2v) is 7.53. The number of fused-ring (bicyclic) bond motifs is 1. The number of halogens is 3. The molecule has 1 aliphatic rings. The van der Waals surface area contributed by atoms with Crippen LogP contribution in [0, 0.1) is 17.5 Å². The van der Waals surface area contributed by atoms with Gasteiger partial charge in [0.15, 0.2) is 11.8 Å². The minimum absolute atomic E-state index is 0.0839. The summed E-state index contributed by atoms with van der Waals surface area (Å²) in [6.07, 6.45) is 1.84. The van der Waals surface area contributed by atoms with Gasteiger partial charge in [0, 0.05) is 17.3 Å². The molecule has 6 nitrogen and oxygen atoms in total. The van der Waals surface area contributed by atoms with Gasteiger partial charge in [-0.3, -0.25) is 4.79 Å². The van der Waals surface area contributed by atoms with E-state index in [1.165, 1.54) is 19.1 Å². The SMILES string of the molecule is CC(OC(=O)c1nn(-c2ccc(F)cc2)c2c1CCCC2)C(=O)Nc1cc(F)ccc1F. The van der Waals surface area contributed by atoms with Crippen LogP contribution >= 0.6 is 0 Å². The van der Waals surface area contributed by atoms with E-state index in [1.807, 2.05) is 0 Å². The fourth-order valence-electron chi connectivity index (χ4n) is 3.66. The third-order valence-corrected chi connectivity index (χ3v) is 5.28. The summed E-state index contributed by atoms with van der Waals surface area (Å²) < 4.78 is 47.3. The third kappa shape index (κ3) is 4.37. The summed E-state index contributed by atoms with van der Waals surface area (Å²) in [6.45, 7) is 1.33. The molecule has 0 aliphatic heterocycles. The standard InChI is InChI=1S/C23H20F3N3O3/c1-13(22(30)27-19-12-15(25)8-11-18(19)26)32-23(31)21-17-4-2-3-5-20(17)29(28-21)16-9-6-14(24)7-10-16/h6-13H,2-5H2,1H3,(H,27,30). The molecule has 166 valence electrons. The molecular formula is C23H20F3N3O3.